The summed E-state index contributed by atoms with van der Waals surface area (Å²) in [6, 6.07) is 10.7. The van der Waals surface area contributed by atoms with E-state index in [1.54, 1.807) is 11.3 Å². The Morgan fingerprint density at radius 2 is 2.10 bits per heavy atom. The number of nitrogens with two attached hydrogens (primary N) is 1. The molecule has 2 N–H and O–H groups in total. The van der Waals surface area contributed by atoms with Crippen LogP contribution in [0.25, 0.3) is 0 Å². The molecule has 2 heterocycles. The minimum atomic E-state index is 0.200. The Kier molecular flexibility index (Phi) is 3.56. The summed E-state index contributed by atoms with van der Waals surface area (Å²) in [5.74, 6) is 0.603. The number of benzene rings is 1. The standard InChI is InChI=1S/C15H16BrN3S/c1-9-5-3-4-6-12(9)19-13(8-18-15(19)17)14-7-11(16)10(2)20-14/h3-7,13H,8H2,1-2H3,(H2,17,18). The molecule has 1 aliphatic rings. The lowest BCUT2D eigenvalue weighted by atomic mass is 10.1. The van der Waals surface area contributed by atoms with Crippen LogP contribution in [0.4, 0.5) is 5.69 Å². The van der Waals surface area contributed by atoms with E-state index < -0.39 is 0 Å². The highest BCUT2D eigenvalue weighted by molar-refractivity contribution is 9.10. The van der Waals surface area contributed by atoms with Crippen LogP contribution in [0, 0.1) is 13.8 Å². The first-order chi connectivity index (χ1) is 9.58. The van der Waals surface area contributed by atoms with Crippen LogP contribution >= 0.6 is 27.3 Å². The van der Waals surface area contributed by atoms with Gasteiger partial charge >= 0.3 is 0 Å². The van der Waals surface area contributed by atoms with Crippen molar-refractivity contribution < 1.29 is 0 Å². The molecular weight excluding hydrogens is 334 g/mol. The molecule has 0 spiro atoms. The van der Waals surface area contributed by atoms with Crippen molar-refractivity contribution in [3.63, 3.8) is 0 Å². The smallest absolute Gasteiger partial charge is 0.196 e. The third kappa shape index (κ3) is 2.25. The van der Waals surface area contributed by atoms with Gasteiger partial charge in [0.15, 0.2) is 5.96 Å². The van der Waals surface area contributed by atoms with Crippen molar-refractivity contribution in [1.29, 1.82) is 0 Å². The summed E-state index contributed by atoms with van der Waals surface area (Å²) in [5, 5.41) is 0. The number of rotatable bonds is 2. The molecule has 0 aliphatic carbocycles. The maximum atomic E-state index is 6.12. The van der Waals surface area contributed by atoms with Crippen molar-refractivity contribution in [2.75, 3.05) is 11.4 Å². The molecule has 5 heteroatoms. The summed E-state index contributed by atoms with van der Waals surface area (Å²) in [4.78, 5) is 9.17. The summed E-state index contributed by atoms with van der Waals surface area (Å²) < 4.78 is 1.16. The molecule has 0 radical (unpaired) electrons. The maximum absolute atomic E-state index is 6.12. The van der Waals surface area contributed by atoms with Crippen LogP contribution < -0.4 is 10.6 Å². The minimum absolute atomic E-state index is 0.200. The molecule has 1 unspecified atom stereocenters. The number of para-hydroxylation sites is 1. The maximum Gasteiger partial charge on any atom is 0.196 e. The Morgan fingerprint density at radius 3 is 2.75 bits per heavy atom. The van der Waals surface area contributed by atoms with Gasteiger partial charge in [-0.25, -0.2) is 0 Å². The fourth-order valence-corrected chi connectivity index (χ4v) is 4.13. The number of anilines is 1. The highest BCUT2D eigenvalue weighted by Crippen LogP contribution is 2.38. The molecular formula is C15H16BrN3S. The van der Waals surface area contributed by atoms with Gasteiger partial charge in [-0.2, -0.15) is 0 Å². The quantitative estimate of drug-likeness (QED) is 0.889. The highest BCUT2D eigenvalue weighted by atomic mass is 79.9. The van der Waals surface area contributed by atoms with Gasteiger partial charge in [0.2, 0.25) is 0 Å². The lowest BCUT2D eigenvalue weighted by molar-refractivity contribution is 0.782. The van der Waals surface area contributed by atoms with Gasteiger partial charge in [0.25, 0.3) is 0 Å². The third-order valence-electron chi connectivity index (χ3n) is 3.56. The topological polar surface area (TPSA) is 41.6 Å². The van der Waals surface area contributed by atoms with E-state index in [-0.39, 0.29) is 6.04 Å². The molecule has 0 saturated heterocycles. The van der Waals surface area contributed by atoms with E-state index >= 15 is 0 Å². The fraction of sp³-hybridized carbons (Fsp3) is 0.267. The van der Waals surface area contributed by atoms with Gasteiger partial charge in [0.1, 0.15) is 0 Å². The Bertz CT molecular complexity index is 658. The largest absolute Gasteiger partial charge is 0.369 e. The van der Waals surface area contributed by atoms with Gasteiger partial charge in [-0.3, -0.25) is 4.99 Å². The zero-order chi connectivity index (χ0) is 14.3. The number of hydrogen-bond acceptors (Lipinski definition) is 4. The number of nitrogens with zero attached hydrogens (tertiary/aromatic N) is 2. The number of guanidine groups is 1. The number of thiophene rings is 1. The summed E-state index contributed by atoms with van der Waals surface area (Å²) in [7, 11) is 0. The van der Waals surface area contributed by atoms with Crippen LogP contribution in [-0.4, -0.2) is 12.5 Å². The van der Waals surface area contributed by atoms with E-state index in [0.717, 1.165) is 10.2 Å². The molecule has 0 bridgehead atoms. The molecule has 0 saturated carbocycles. The summed E-state index contributed by atoms with van der Waals surface area (Å²) in [6.07, 6.45) is 0. The normalized spacial score (nSPS) is 18.4. The zero-order valence-corrected chi connectivity index (χ0v) is 13.8. The second kappa shape index (κ2) is 5.22. The Labute approximate surface area is 131 Å². The van der Waals surface area contributed by atoms with Gasteiger partial charge in [-0.05, 0) is 47.5 Å². The molecule has 1 aliphatic heterocycles. The van der Waals surface area contributed by atoms with Gasteiger partial charge < -0.3 is 10.6 Å². The molecule has 20 heavy (non-hydrogen) atoms. The van der Waals surface area contributed by atoms with Gasteiger partial charge in [0.05, 0.1) is 12.6 Å². The third-order valence-corrected chi connectivity index (χ3v) is 5.80. The van der Waals surface area contributed by atoms with Gasteiger partial charge in [0, 0.05) is 19.9 Å². The van der Waals surface area contributed by atoms with E-state index in [4.69, 9.17) is 5.73 Å². The van der Waals surface area contributed by atoms with Gasteiger partial charge in [-0.15, -0.1) is 11.3 Å². The minimum Gasteiger partial charge on any atom is -0.369 e. The Morgan fingerprint density at radius 1 is 1.35 bits per heavy atom. The van der Waals surface area contributed by atoms with Crippen molar-refractivity contribution in [1.82, 2.24) is 0 Å². The Balaban J connectivity index is 2.03. The monoisotopic (exact) mass is 349 g/mol. The summed E-state index contributed by atoms with van der Waals surface area (Å²) >= 11 is 5.39. The number of aliphatic imine (C=N–C) groups is 1. The van der Waals surface area contributed by atoms with E-state index in [9.17, 15) is 0 Å². The molecule has 1 atom stereocenters. The van der Waals surface area contributed by atoms with Crippen LogP contribution in [0.2, 0.25) is 0 Å². The van der Waals surface area contributed by atoms with E-state index in [2.05, 4.69) is 57.9 Å². The SMILES string of the molecule is Cc1ccccc1N1C(N)=NCC1c1cc(Br)c(C)s1. The molecule has 1 aromatic carbocycles. The fourth-order valence-electron chi connectivity index (χ4n) is 2.49. The highest BCUT2D eigenvalue weighted by Gasteiger charge is 2.31. The van der Waals surface area contributed by atoms with Gasteiger partial charge in [-0.1, -0.05) is 18.2 Å². The molecule has 104 valence electrons. The van der Waals surface area contributed by atoms with Crippen LogP contribution in [0.5, 0.6) is 0 Å². The average Bonchev–Trinajstić information content (AvgIpc) is 2.94. The van der Waals surface area contributed by atoms with Crippen molar-refractivity contribution >= 4 is 38.9 Å². The number of hydrogen-bond donors (Lipinski definition) is 1. The first-order valence-corrected chi connectivity index (χ1v) is 8.09. The van der Waals surface area contributed by atoms with E-state index in [1.807, 2.05) is 12.1 Å². The molecule has 3 nitrogen and oxygen atoms in total. The summed E-state index contributed by atoms with van der Waals surface area (Å²) in [5.41, 5.74) is 8.47. The predicted molar refractivity (Wildman–Crippen MR) is 89.6 cm³/mol. The molecule has 1 aromatic heterocycles. The zero-order valence-electron chi connectivity index (χ0n) is 11.4. The second-order valence-electron chi connectivity index (χ2n) is 4.92. The number of halogens is 1. The van der Waals surface area contributed by atoms with Crippen LogP contribution in [-0.2, 0) is 0 Å². The van der Waals surface area contributed by atoms with Crippen molar-refractivity contribution in [2.24, 2.45) is 10.7 Å². The van der Waals surface area contributed by atoms with Crippen molar-refractivity contribution in [2.45, 2.75) is 19.9 Å². The number of aryl methyl sites for hydroxylation is 2. The predicted octanol–water partition coefficient (Wildman–Crippen LogP) is 4.00. The first kappa shape index (κ1) is 13.6. The van der Waals surface area contributed by atoms with E-state index in [0.29, 0.717) is 12.5 Å². The Hall–Kier alpha value is -1.33. The van der Waals surface area contributed by atoms with Crippen molar-refractivity contribution in [3.8, 4) is 0 Å². The average molecular weight is 350 g/mol. The molecule has 2 aromatic rings. The van der Waals surface area contributed by atoms with Crippen molar-refractivity contribution in [3.05, 3.63) is 50.1 Å². The molecule has 3 rings (SSSR count). The lowest BCUT2D eigenvalue weighted by Gasteiger charge is -2.27. The van der Waals surface area contributed by atoms with Crippen LogP contribution in [0.1, 0.15) is 21.4 Å². The lowest BCUT2D eigenvalue weighted by Crippen LogP contribution is -2.36. The van der Waals surface area contributed by atoms with Crippen LogP contribution in [0.3, 0.4) is 0 Å². The summed E-state index contributed by atoms with van der Waals surface area (Å²) in [6.45, 7) is 4.94. The second-order valence-corrected chi connectivity index (χ2v) is 7.07. The molecule has 0 amide bonds. The first-order valence-electron chi connectivity index (χ1n) is 6.48. The van der Waals surface area contributed by atoms with Crippen LogP contribution in [0.15, 0.2) is 39.8 Å². The molecule has 0 fully saturated rings. The van der Waals surface area contributed by atoms with E-state index in [1.165, 1.54) is 15.3 Å².